The lowest BCUT2D eigenvalue weighted by Gasteiger charge is -2.44. The molecular formula is C47H68N4O12Si. The molecular weight excluding hydrogens is 841 g/mol. The fourth-order valence-electron chi connectivity index (χ4n) is 9.17. The summed E-state index contributed by atoms with van der Waals surface area (Å²) in [6, 6.07) is 3.87. The molecule has 5 amide bonds. The van der Waals surface area contributed by atoms with Gasteiger partial charge in [0.2, 0.25) is 11.8 Å². The molecule has 16 nitrogen and oxygen atoms in total. The zero-order valence-electron chi connectivity index (χ0n) is 38.5. The molecule has 0 radical (unpaired) electrons. The SMILES string of the molecule is C[C@H]1C=C2C=C[C@H](C)[C@H](CC[C@@H]3C[C@@H](O[Si](C)(C)C(C)(C)C)CC(=O)O3)[C@H]2[C@@H](OC(=O)NCCOCCOCCOCCNc2cccc3c2C(=O)N(C2CCC(=O)NC2=O)C3=O)C1. The summed E-state index contributed by atoms with van der Waals surface area (Å²) in [7, 11) is -2.04. The number of carbonyl (C=O) groups excluding carboxylic acids is 6. The van der Waals surface area contributed by atoms with Gasteiger partial charge in [0, 0.05) is 37.5 Å². The van der Waals surface area contributed by atoms with Crippen molar-refractivity contribution in [2.45, 2.75) is 122 Å². The van der Waals surface area contributed by atoms with E-state index >= 15 is 0 Å². The van der Waals surface area contributed by atoms with Crippen LogP contribution in [0.4, 0.5) is 10.5 Å². The first kappa shape index (κ1) is 49.0. The van der Waals surface area contributed by atoms with Gasteiger partial charge in [-0.1, -0.05) is 58.9 Å². The Balaban J connectivity index is 0.844. The topological polar surface area (TPSA) is 197 Å². The Kier molecular flexibility index (Phi) is 16.6. The maximum Gasteiger partial charge on any atom is 0.407 e. The van der Waals surface area contributed by atoms with E-state index in [0.717, 1.165) is 24.2 Å². The Labute approximate surface area is 378 Å². The predicted octanol–water partition coefficient (Wildman–Crippen LogP) is 5.93. The van der Waals surface area contributed by atoms with Crippen LogP contribution in [-0.2, 0) is 42.5 Å². The van der Waals surface area contributed by atoms with Crippen LogP contribution >= 0.6 is 0 Å². The van der Waals surface area contributed by atoms with Gasteiger partial charge in [-0.05, 0) is 79.3 Å². The Morgan fingerprint density at radius 3 is 2.33 bits per heavy atom. The van der Waals surface area contributed by atoms with Gasteiger partial charge in [0.1, 0.15) is 18.2 Å². The molecule has 0 spiro atoms. The number of nitrogens with one attached hydrogen (secondary N) is 3. The molecule has 3 heterocycles. The van der Waals surface area contributed by atoms with Crippen molar-refractivity contribution in [1.29, 1.82) is 0 Å². The number of alkyl carbamates (subject to hydrolysis) is 1. The van der Waals surface area contributed by atoms with Crippen LogP contribution in [0.15, 0.2) is 42.0 Å². The number of nitrogens with zero attached hydrogens (tertiary/aromatic N) is 1. The van der Waals surface area contributed by atoms with Gasteiger partial charge in [-0.2, -0.15) is 0 Å². The maximum atomic E-state index is 13.3. The van der Waals surface area contributed by atoms with E-state index in [1.54, 1.807) is 18.2 Å². The van der Waals surface area contributed by atoms with Crippen molar-refractivity contribution in [2.24, 2.45) is 23.7 Å². The van der Waals surface area contributed by atoms with E-state index < -0.39 is 44.1 Å². The molecule has 1 aromatic rings. The maximum absolute atomic E-state index is 13.3. The second-order valence-corrected chi connectivity index (χ2v) is 24.0. The van der Waals surface area contributed by atoms with Gasteiger partial charge < -0.3 is 38.7 Å². The highest BCUT2D eigenvalue weighted by Crippen LogP contribution is 2.46. The number of allylic oxidation sites excluding steroid dienone is 3. The van der Waals surface area contributed by atoms with Gasteiger partial charge in [-0.3, -0.25) is 34.2 Å². The van der Waals surface area contributed by atoms with Crippen molar-refractivity contribution in [2.75, 3.05) is 58.0 Å². The first-order valence-electron chi connectivity index (χ1n) is 23.0. The van der Waals surface area contributed by atoms with Crippen molar-refractivity contribution in [3.8, 4) is 0 Å². The highest BCUT2D eigenvalue weighted by atomic mass is 28.4. The number of anilines is 1. The highest BCUT2D eigenvalue weighted by Gasteiger charge is 2.47. The molecule has 0 saturated carbocycles. The number of esters is 1. The lowest BCUT2D eigenvalue weighted by Crippen LogP contribution is -2.54. The largest absolute Gasteiger partial charge is 0.462 e. The smallest absolute Gasteiger partial charge is 0.407 e. The van der Waals surface area contributed by atoms with E-state index in [-0.39, 0.29) is 83.5 Å². The standard InChI is InChI=1S/C47H68N4O12Si/c1-29-25-31-12-11-30(2)34(14-13-32-27-33(28-40(53)61-32)63-64(6,7)47(3,4)5)41(31)38(26-29)62-46(57)49-18-20-59-22-24-60-23-21-58-19-17-48-36-10-8-9-35-42(36)45(56)51(44(35)55)37-15-16-39(52)50-43(37)54/h8-12,25,29-30,32-34,37-38,41,48H,13-24,26-28H2,1-7H3,(H,49,57)(H,50,52,54)/t29-,30-,32+,33+,34-,37?,38-,41-/m0/s1. The summed E-state index contributed by atoms with van der Waals surface area (Å²) in [5.41, 5.74) is 2.07. The van der Waals surface area contributed by atoms with Gasteiger partial charge in [0.25, 0.3) is 11.8 Å². The van der Waals surface area contributed by atoms with E-state index in [4.69, 9.17) is 28.1 Å². The lowest BCUT2D eigenvalue weighted by atomic mass is 9.65. The molecule has 64 heavy (non-hydrogen) atoms. The summed E-state index contributed by atoms with van der Waals surface area (Å²) in [5, 5.41) is 8.25. The van der Waals surface area contributed by atoms with Crippen LogP contribution in [0.1, 0.15) is 100 Å². The number of hydrogen-bond donors (Lipinski definition) is 3. The Bertz CT molecular complexity index is 1950. The van der Waals surface area contributed by atoms with Gasteiger partial charge in [0.05, 0.1) is 63.3 Å². The number of carbonyl (C=O) groups is 6. The normalized spacial score (nSPS) is 27.1. The Hall–Kier alpha value is -4.42. The number of rotatable bonds is 20. The molecule has 352 valence electrons. The number of cyclic esters (lactones) is 1. The minimum absolute atomic E-state index is 0.0521. The molecule has 1 aromatic carbocycles. The van der Waals surface area contributed by atoms with Crippen LogP contribution < -0.4 is 16.0 Å². The summed E-state index contributed by atoms with van der Waals surface area (Å²) >= 11 is 0. The number of imide groups is 2. The number of ether oxygens (including phenoxy) is 5. The number of piperidine rings is 1. The van der Waals surface area contributed by atoms with E-state index in [1.165, 1.54) is 5.57 Å². The lowest BCUT2D eigenvalue weighted by molar-refractivity contribution is -0.160. The molecule has 1 unspecified atom stereocenters. The molecule has 2 saturated heterocycles. The number of benzene rings is 1. The second kappa shape index (κ2) is 21.7. The van der Waals surface area contributed by atoms with Gasteiger partial charge >= 0.3 is 12.1 Å². The number of hydrogen-bond acceptors (Lipinski definition) is 13. The van der Waals surface area contributed by atoms with Gasteiger partial charge in [0.15, 0.2) is 8.32 Å². The quantitative estimate of drug-likeness (QED) is 0.0604. The highest BCUT2D eigenvalue weighted by molar-refractivity contribution is 6.74. The third-order valence-corrected chi connectivity index (χ3v) is 18.0. The molecule has 2 fully saturated rings. The average Bonchev–Trinajstić information content (AvgIpc) is 3.47. The summed E-state index contributed by atoms with van der Waals surface area (Å²) < 4.78 is 35.6. The van der Waals surface area contributed by atoms with E-state index in [9.17, 15) is 28.8 Å². The van der Waals surface area contributed by atoms with Crippen LogP contribution in [0.25, 0.3) is 0 Å². The van der Waals surface area contributed by atoms with E-state index in [1.807, 2.05) is 0 Å². The van der Waals surface area contributed by atoms with Gasteiger partial charge in [-0.15, -0.1) is 0 Å². The molecule has 5 aliphatic rings. The zero-order valence-corrected chi connectivity index (χ0v) is 39.5. The monoisotopic (exact) mass is 908 g/mol. The van der Waals surface area contributed by atoms with Crippen molar-refractivity contribution in [3.63, 3.8) is 0 Å². The van der Waals surface area contributed by atoms with Crippen molar-refractivity contribution >= 4 is 49.7 Å². The third kappa shape index (κ3) is 12.3. The summed E-state index contributed by atoms with van der Waals surface area (Å²) in [6.45, 7) is 18.0. The van der Waals surface area contributed by atoms with Crippen LogP contribution in [0.5, 0.6) is 0 Å². The number of amides is 5. The fraction of sp³-hybridized carbons (Fsp3) is 0.660. The van der Waals surface area contributed by atoms with Crippen LogP contribution in [-0.4, -0.2) is 126 Å². The van der Waals surface area contributed by atoms with E-state index in [2.05, 4.69) is 81.9 Å². The molecule has 17 heteroatoms. The molecule has 3 N–H and O–H groups in total. The first-order chi connectivity index (χ1) is 30.4. The Morgan fingerprint density at radius 2 is 1.62 bits per heavy atom. The zero-order chi connectivity index (χ0) is 46.2. The molecule has 3 aliphatic heterocycles. The molecule has 2 aliphatic carbocycles. The van der Waals surface area contributed by atoms with Crippen molar-refractivity contribution in [3.05, 3.63) is 53.1 Å². The first-order valence-corrected chi connectivity index (χ1v) is 25.9. The molecule has 6 rings (SSSR count). The summed E-state index contributed by atoms with van der Waals surface area (Å²) in [6.07, 6.45) is 9.12. The van der Waals surface area contributed by atoms with Crippen LogP contribution in [0.2, 0.25) is 18.1 Å². The van der Waals surface area contributed by atoms with E-state index in [0.29, 0.717) is 64.7 Å². The van der Waals surface area contributed by atoms with Crippen molar-refractivity contribution < 1.29 is 56.9 Å². The number of fused-ring (bicyclic) bond motifs is 2. The average molecular weight is 909 g/mol. The predicted molar refractivity (Wildman–Crippen MR) is 240 cm³/mol. The summed E-state index contributed by atoms with van der Waals surface area (Å²) in [5.74, 6) is -1.59. The van der Waals surface area contributed by atoms with Crippen LogP contribution in [0.3, 0.4) is 0 Å². The molecule has 0 aromatic heterocycles. The minimum atomic E-state index is -2.04. The third-order valence-electron chi connectivity index (χ3n) is 13.5. The molecule has 8 atom stereocenters. The minimum Gasteiger partial charge on any atom is -0.462 e. The van der Waals surface area contributed by atoms with Crippen molar-refractivity contribution in [1.82, 2.24) is 15.5 Å². The van der Waals surface area contributed by atoms with Crippen LogP contribution in [0, 0.1) is 23.7 Å². The fourth-order valence-corrected chi connectivity index (χ4v) is 10.5. The summed E-state index contributed by atoms with van der Waals surface area (Å²) in [4.78, 5) is 77.0. The Morgan fingerprint density at radius 1 is 0.922 bits per heavy atom. The van der Waals surface area contributed by atoms with Gasteiger partial charge in [-0.25, -0.2) is 4.79 Å². The molecule has 0 bridgehead atoms. The second-order valence-electron chi connectivity index (χ2n) is 19.2.